The summed E-state index contributed by atoms with van der Waals surface area (Å²) in [5, 5.41) is 3.13. The topological polar surface area (TPSA) is 84.5 Å². The zero-order valence-corrected chi connectivity index (χ0v) is 16.8. The Kier molecular flexibility index (Phi) is 7.65. The number of benzene rings is 2. The zero-order valence-electron chi connectivity index (χ0n) is 15.2. The van der Waals surface area contributed by atoms with Gasteiger partial charge in [0, 0.05) is 11.6 Å². The number of nitrogens with one attached hydrogen (secondary N) is 2. The molecule has 8 heteroatoms. The monoisotopic (exact) mass is 410 g/mol. The average Bonchev–Trinajstić information content (AvgIpc) is 2.61. The van der Waals surface area contributed by atoms with Gasteiger partial charge in [0.1, 0.15) is 5.75 Å². The van der Waals surface area contributed by atoms with E-state index >= 15 is 0 Å². The van der Waals surface area contributed by atoms with Crippen LogP contribution in [-0.4, -0.2) is 33.5 Å². The van der Waals surface area contributed by atoms with E-state index in [1.807, 2.05) is 31.2 Å². The molecule has 2 N–H and O–H groups in total. The number of amides is 1. The lowest BCUT2D eigenvalue weighted by atomic mass is 10.2. The van der Waals surface area contributed by atoms with Crippen molar-refractivity contribution in [1.29, 1.82) is 0 Å². The van der Waals surface area contributed by atoms with Crippen molar-refractivity contribution in [3.63, 3.8) is 0 Å². The summed E-state index contributed by atoms with van der Waals surface area (Å²) in [5.41, 5.74) is 1.11. The Morgan fingerprint density at radius 3 is 2.56 bits per heavy atom. The number of rotatable bonds is 9. The van der Waals surface area contributed by atoms with Crippen molar-refractivity contribution in [2.75, 3.05) is 13.2 Å². The highest BCUT2D eigenvalue weighted by Gasteiger charge is 2.21. The third-order valence-electron chi connectivity index (χ3n) is 3.73. The van der Waals surface area contributed by atoms with Gasteiger partial charge in [0.15, 0.2) is 0 Å². The van der Waals surface area contributed by atoms with Crippen LogP contribution in [0.25, 0.3) is 0 Å². The summed E-state index contributed by atoms with van der Waals surface area (Å²) < 4.78 is 32.5. The lowest BCUT2D eigenvalue weighted by molar-refractivity contribution is -0.122. The molecule has 146 valence electrons. The average molecular weight is 411 g/mol. The molecule has 0 aliphatic heterocycles. The van der Waals surface area contributed by atoms with E-state index in [4.69, 9.17) is 16.3 Å². The first-order valence-electron chi connectivity index (χ1n) is 8.53. The van der Waals surface area contributed by atoms with Gasteiger partial charge in [-0.15, -0.1) is 0 Å². The summed E-state index contributed by atoms with van der Waals surface area (Å²) in [6.07, 6.45) is 0.607. The summed E-state index contributed by atoms with van der Waals surface area (Å²) >= 11 is 5.76. The van der Waals surface area contributed by atoms with Gasteiger partial charge in [-0.05, 0) is 62.2 Å². The van der Waals surface area contributed by atoms with Crippen molar-refractivity contribution in [1.82, 2.24) is 10.0 Å². The van der Waals surface area contributed by atoms with Crippen molar-refractivity contribution in [2.24, 2.45) is 0 Å². The fraction of sp³-hybridized carbons (Fsp3) is 0.316. The summed E-state index contributed by atoms with van der Waals surface area (Å²) in [6.45, 7) is 4.32. The molecule has 0 spiro atoms. The van der Waals surface area contributed by atoms with Gasteiger partial charge in [-0.1, -0.05) is 23.7 Å². The molecule has 0 saturated carbocycles. The van der Waals surface area contributed by atoms with Crippen molar-refractivity contribution in [3.05, 3.63) is 59.1 Å². The van der Waals surface area contributed by atoms with E-state index in [9.17, 15) is 13.2 Å². The molecule has 27 heavy (non-hydrogen) atoms. The number of ether oxygens (including phenoxy) is 1. The second kappa shape index (κ2) is 9.73. The quantitative estimate of drug-likeness (QED) is 0.622. The molecule has 2 aromatic rings. The number of hydrogen-bond acceptors (Lipinski definition) is 4. The van der Waals surface area contributed by atoms with Gasteiger partial charge in [0.25, 0.3) is 0 Å². The highest BCUT2D eigenvalue weighted by molar-refractivity contribution is 7.89. The fourth-order valence-corrected chi connectivity index (χ4v) is 3.63. The summed E-state index contributed by atoms with van der Waals surface area (Å²) in [6, 6.07) is 12.6. The van der Waals surface area contributed by atoms with Gasteiger partial charge in [0.05, 0.1) is 17.5 Å². The predicted molar refractivity (Wildman–Crippen MR) is 106 cm³/mol. The van der Waals surface area contributed by atoms with Crippen LogP contribution in [0.4, 0.5) is 0 Å². The highest BCUT2D eigenvalue weighted by atomic mass is 35.5. The standard InChI is InChI=1S/C19H23ClN2O4S/c1-14-5-3-6-17(13-14)26-12-4-11-21-19(23)15(2)22-27(24,25)18-9-7-16(20)8-10-18/h3,5-10,13,15,22H,4,11-12H2,1-2H3,(H,21,23)/t15-/m0/s1. The Balaban J connectivity index is 1.74. The smallest absolute Gasteiger partial charge is 0.241 e. The van der Waals surface area contributed by atoms with E-state index in [2.05, 4.69) is 10.0 Å². The first kappa shape index (κ1) is 21.2. The van der Waals surface area contributed by atoms with E-state index < -0.39 is 22.0 Å². The third kappa shape index (κ3) is 6.86. The van der Waals surface area contributed by atoms with E-state index in [0.717, 1.165) is 11.3 Å². The van der Waals surface area contributed by atoms with Crippen LogP contribution < -0.4 is 14.8 Å². The largest absolute Gasteiger partial charge is 0.494 e. The van der Waals surface area contributed by atoms with Crippen molar-refractivity contribution in [2.45, 2.75) is 31.2 Å². The molecule has 0 aromatic heterocycles. The summed E-state index contributed by atoms with van der Waals surface area (Å²) in [4.78, 5) is 12.1. The van der Waals surface area contributed by atoms with Gasteiger partial charge < -0.3 is 10.1 Å². The number of carbonyl (C=O) groups is 1. The maximum absolute atomic E-state index is 12.3. The minimum Gasteiger partial charge on any atom is -0.494 e. The molecule has 0 saturated heterocycles. The zero-order chi connectivity index (χ0) is 19.9. The van der Waals surface area contributed by atoms with E-state index in [1.54, 1.807) is 0 Å². The molecule has 6 nitrogen and oxygen atoms in total. The van der Waals surface area contributed by atoms with E-state index in [0.29, 0.717) is 24.6 Å². The van der Waals surface area contributed by atoms with Crippen LogP contribution in [-0.2, 0) is 14.8 Å². The molecule has 0 aliphatic rings. The van der Waals surface area contributed by atoms with Crippen LogP contribution in [0.3, 0.4) is 0 Å². The van der Waals surface area contributed by atoms with E-state index in [-0.39, 0.29) is 4.90 Å². The van der Waals surface area contributed by atoms with Crippen LogP contribution in [0.5, 0.6) is 5.75 Å². The Hall–Kier alpha value is -2.09. The third-order valence-corrected chi connectivity index (χ3v) is 5.54. The number of aryl methyl sites for hydroxylation is 1. The molecule has 0 unspecified atom stereocenters. The molecular weight excluding hydrogens is 388 g/mol. The molecule has 1 atom stereocenters. The molecule has 0 bridgehead atoms. The van der Waals surface area contributed by atoms with Crippen LogP contribution in [0.1, 0.15) is 18.9 Å². The second-order valence-electron chi connectivity index (χ2n) is 6.11. The minimum atomic E-state index is -3.79. The number of sulfonamides is 1. The lowest BCUT2D eigenvalue weighted by Gasteiger charge is -2.14. The van der Waals surface area contributed by atoms with Gasteiger partial charge >= 0.3 is 0 Å². The number of halogens is 1. The van der Waals surface area contributed by atoms with Gasteiger partial charge in [-0.25, -0.2) is 8.42 Å². The van der Waals surface area contributed by atoms with Crippen molar-refractivity contribution in [3.8, 4) is 5.75 Å². The summed E-state index contributed by atoms with van der Waals surface area (Å²) in [7, 11) is -3.79. The number of hydrogen-bond donors (Lipinski definition) is 2. The molecule has 0 radical (unpaired) electrons. The lowest BCUT2D eigenvalue weighted by Crippen LogP contribution is -2.45. The Morgan fingerprint density at radius 1 is 1.19 bits per heavy atom. The fourth-order valence-electron chi connectivity index (χ4n) is 2.30. The maximum Gasteiger partial charge on any atom is 0.241 e. The van der Waals surface area contributed by atoms with Gasteiger partial charge in [-0.3, -0.25) is 4.79 Å². The summed E-state index contributed by atoms with van der Waals surface area (Å²) in [5.74, 6) is 0.383. The van der Waals surface area contributed by atoms with Crippen molar-refractivity contribution < 1.29 is 17.9 Å². The van der Waals surface area contributed by atoms with Crippen LogP contribution in [0.15, 0.2) is 53.4 Å². The molecule has 2 aromatic carbocycles. The molecular formula is C19H23ClN2O4S. The van der Waals surface area contributed by atoms with Crippen molar-refractivity contribution >= 4 is 27.5 Å². The van der Waals surface area contributed by atoms with Crippen LogP contribution in [0.2, 0.25) is 5.02 Å². The maximum atomic E-state index is 12.3. The Labute approximate surface area is 164 Å². The Morgan fingerprint density at radius 2 is 1.89 bits per heavy atom. The first-order chi connectivity index (χ1) is 12.8. The normalized spacial score (nSPS) is 12.4. The van der Waals surface area contributed by atoms with E-state index in [1.165, 1.54) is 31.2 Å². The van der Waals surface area contributed by atoms with Gasteiger partial charge in [0.2, 0.25) is 15.9 Å². The Bertz CT molecular complexity index is 870. The SMILES string of the molecule is Cc1cccc(OCCCNC(=O)[C@H](C)NS(=O)(=O)c2ccc(Cl)cc2)c1. The first-order valence-corrected chi connectivity index (χ1v) is 10.4. The minimum absolute atomic E-state index is 0.0538. The highest BCUT2D eigenvalue weighted by Crippen LogP contribution is 2.14. The molecule has 0 heterocycles. The second-order valence-corrected chi connectivity index (χ2v) is 8.26. The molecule has 1 amide bonds. The van der Waals surface area contributed by atoms with Crippen LogP contribution in [0, 0.1) is 6.92 Å². The molecule has 0 aliphatic carbocycles. The molecule has 0 fully saturated rings. The predicted octanol–water partition coefficient (Wildman–Crippen LogP) is 2.90. The number of carbonyl (C=O) groups excluding carboxylic acids is 1. The molecule has 2 rings (SSSR count). The van der Waals surface area contributed by atoms with Crippen LogP contribution >= 0.6 is 11.6 Å². The van der Waals surface area contributed by atoms with Gasteiger partial charge in [-0.2, -0.15) is 4.72 Å².